The van der Waals surface area contributed by atoms with Gasteiger partial charge in [-0.25, -0.2) is 0 Å². The molecule has 0 saturated heterocycles. The monoisotopic (exact) mass is 257 g/mol. The first-order valence-corrected chi connectivity index (χ1v) is 7.34. The van der Waals surface area contributed by atoms with E-state index in [1.807, 2.05) is 30.0 Å². The molecule has 0 spiro atoms. The van der Waals surface area contributed by atoms with Crippen LogP contribution in [0, 0.1) is 0 Å². The molecule has 1 atom stereocenters. The molecule has 0 aliphatic rings. The van der Waals surface area contributed by atoms with Gasteiger partial charge in [0.2, 0.25) is 0 Å². The van der Waals surface area contributed by atoms with Crippen LogP contribution < -0.4 is 5.32 Å². The van der Waals surface area contributed by atoms with Crippen LogP contribution in [0.25, 0.3) is 0 Å². The highest BCUT2D eigenvalue weighted by atomic mass is 35.5. The van der Waals surface area contributed by atoms with Crippen LogP contribution in [0.5, 0.6) is 0 Å². The van der Waals surface area contributed by atoms with Gasteiger partial charge in [0.1, 0.15) is 0 Å². The van der Waals surface area contributed by atoms with Crippen molar-refractivity contribution in [1.29, 1.82) is 0 Å². The molecule has 3 heteroatoms. The van der Waals surface area contributed by atoms with Crippen molar-refractivity contribution in [2.75, 3.05) is 18.1 Å². The van der Waals surface area contributed by atoms with Crippen molar-refractivity contribution >= 4 is 23.4 Å². The zero-order chi connectivity index (χ0) is 11.8. The molecule has 1 aromatic carbocycles. The summed E-state index contributed by atoms with van der Waals surface area (Å²) in [5.41, 5.74) is 1.26. The summed E-state index contributed by atoms with van der Waals surface area (Å²) in [5.74, 6) is 2.45. The number of thioether (sulfide) groups is 1. The standard InChI is InChI=1S/C13H20ClNS/c1-3-16-9-5-8-15-11(2)12-6-4-7-13(14)10-12/h4,6-7,10-11,15H,3,5,8-9H2,1-2H3/t11-/m0/s1. The molecule has 0 fully saturated rings. The molecule has 0 bridgehead atoms. The van der Waals surface area contributed by atoms with Crippen molar-refractivity contribution in [3.63, 3.8) is 0 Å². The van der Waals surface area contributed by atoms with E-state index in [1.165, 1.54) is 23.5 Å². The molecule has 0 radical (unpaired) electrons. The van der Waals surface area contributed by atoms with E-state index < -0.39 is 0 Å². The molecule has 16 heavy (non-hydrogen) atoms. The van der Waals surface area contributed by atoms with Gasteiger partial charge in [0.05, 0.1) is 0 Å². The van der Waals surface area contributed by atoms with Crippen molar-refractivity contribution in [2.45, 2.75) is 26.3 Å². The predicted molar refractivity (Wildman–Crippen MR) is 75.5 cm³/mol. The largest absolute Gasteiger partial charge is 0.310 e. The Morgan fingerprint density at radius 1 is 1.44 bits per heavy atom. The van der Waals surface area contributed by atoms with Crippen LogP contribution in [-0.4, -0.2) is 18.1 Å². The predicted octanol–water partition coefficient (Wildman–Crippen LogP) is 4.13. The van der Waals surface area contributed by atoms with Crippen molar-refractivity contribution in [1.82, 2.24) is 5.32 Å². The molecule has 0 unspecified atom stereocenters. The Morgan fingerprint density at radius 3 is 2.94 bits per heavy atom. The number of benzene rings is 1. The van der Waals surface area contributed by atoms with E-state index in [4.69, 9.17) is 11.6 Å². The molecule has 1 aromatic rings. The van der Waals surface area contributed by atoms with Crippen LogP contribution in [0.2, 0.25) is 5.02 Å². The van der Waals surface area contributed by atoms with Crippen molar-refractivity contribution in [3.05, 3.63) is 34.9 Å². The van der Waals surface area contributed by atoms with Crippen molar-refractivity contribution in [3.8, 4) is 0 Å². The van der Waals surface area contributed by atoms with Crippen LogP contribution in [0.3, 0.4) is 0 Å². The SMILES string of the molecule is CCSCCCN[C@@H](C)c1cccc(Cl)c1. The van der Waals surface area contributed by atoms with Crippen molar-refractivity contribution in [2.24, 2.45) is 0 Å². The topological polar surface area (TPSA) is 12.0 Å². The maximum absolute atomic E-state index is 5.96. The summed E-state index contributed by atoms with van der Waals surface area (Å²) in [6.07, 6.45) is 1.23. The van der Waals surface area contributed by atoms with E-state index in [-0.39, 0.29) is 0 Å². The van der Waals surface area contributed by atoms with Crippen LogP contribution in [0.4, 0.5) is 0 Å². The van der Waals surface area contributed by atoms with E-state index >= 15 is 0 Å². The highest BCUT2D eigenvalue weighted by Crippen LogP contribution is 2.17. The van der Waals surface area contributed by atoms with Gasteiger partial charge in [-0.2, -0.15) is 11.8 Å². The average Bonchev–Trinajstić information content (AvgIpc) is 2.28. The number of hydrogen-bond donors (Lipinski definition) is 1. The molecular weight excluding hydrogens is 238 g/mol. The smallest absolute Gasteiger partial charge is 0.0409 e. The second kappa shape index (κ2) is 7.99. The third kappa shape index (κ3) is 5.24. The second-order valence-electron chi connectivity index (χ2n) is 3.78. The molecule has 0 saturated carbocycles. The second-order valence-corrected chi connectivity index (χ2v) is 5.61. The minimum atomic E-state index is 0.380. The summed E-state index contributed by atoms with van der Waals surface area (Å²) in [6.45, 7) is 5.45. The third-order valence-electron chi connectivity index (χ3n) is 2.47. The first-order chi connectivity index (χ1) is 7.74. The normalized spacial score (nSPS) is 12.7. The highest BCUT2D eigenvalue weighted by Gasteiger charge is 2.03. The lowest BCUT2D eigenvalue weighted by atomic mass is 10.1. The fourth-order valence-electron chi connectivity index (χ4n) is 1.53. The minimum Gasteiger partial charge on any atom is -0.310 e. The molecule has 90 valence electrons. The number of nitrogens with one attached hydrogen (secondary N) is 1. The summed E-state index contributed by atoms with van der Waals surface area (Å²) in [5, 5.41) is 4.33. The zero-order valence-electron chi connectivity index (χ0n) is 10.0. The highest BCUT2D eigenvalue weighted by molar-refractivity contribution is 7.99. The molecule has 1 nitrogen and oxygen atoms in total. The van der Waals surface area contributed by atoms with Gasteiger partial charge in [0.15, 0.2) is 0 Å². The Bertz CT molecular complexity index is 304. The Hall–Kier alpha value is -0.180. The van der Waals surface area contributed by atoms with Crippen LogP contribution in [0.1, 0.15) is 31.9 Å². The van der Waals surface area contributed by atoms with Gasteiger partial charge in [-0.3, -0.25) is 0 Å². The van der Waals surface area contributed by atoms with E-state index in [1.54, 1.807) is 0 Å². The zero-order valence-corrected chi connectivity index (χ0v) is 11.6. The molecular formula is C13H20ClNS. The molecule has 0 aliphatic carbocycles. The van der Waals surface area contributed by atoms with E-state index in [0.717, 1.165) is 11.6 Å². The molecule has 0 amide bonds. The van der Waals surface area contributed by atoms with Crippen molar-refractivity contribution < 1.29 is 0 Å². The maximum Gasteiger partial charge on any atom is 0.0409 e. The molecule has 1 rings (SSSR count). The number of hydrogen-bond acceptors (Lipinski definition) is 2. The molecule has 0 heterocycles. The minimum absolute atomic E-state index is 0.380. The van der Waals surface area contributed by atoms with Crippen LogP contribution in [-0.2, 0) is 0 Å². The first-order valence-electron chi connectivity index (χ1n) is 5.80. The van der Waals surface area contributed by atoms with Gasteiger partial charge in [-0.15, -0.1) is 0 Å². The van der Waals surface area contributed by atoms with E-state index in [0.29, 0.717) is 6.04 Å². The summed E-state index contributed by atoms with van der Waals surface area (Å²) < 4.78 is 0. The number of halogens is 1. The Balaban J connectivity index is 2.27. The third-order valence-corrected chi connectivity index (χ3v) is 3.69. The summed E-state index contributed by atoms with van der Waals surface area (Å²) in [4.78, 5) is 0. The summed E-state index contributed by atoms with van der Waals surface area (Å²) >= 11 is 7.96. The quantitative estimate of drug-likeness (QED) is 0.737. The maximum atomic E-state index is 5.96. The Kier molecular flexibility index (Phi) is 6.93. The van der Waals surface area contributed by atoms with Crippen LogP contribution >= 0.6 is 23.4 Å². The van der Waals surface area contributed by atoms with Gasteiger partial charge in [-0.1, -0.05) is 30.7 Å². The fraction of sp³-hybridized carbons (Fsp3) is 0.538. The number of rotatable bonds is 7. The lowest BCUT2D eigenvalue weighted by molar-refractivity contribution is 0.572. The van der Waals surface area contributed by atoms with Gasteiger partial charge < -0.3 is 5.32 Å². The lowest BCUT2D eigenvalue weighted by Crippen LogP contribution is -2.20. The summed E-state index contributed by atoms with van der Waals surface area (Å²) in [6, 6.07) is 8.44. The molecule has 1 N–H and O–H groups in total. The van der Waals surface area contributed by atoms with Gasteiger partial charge in [0, 0.05) is 11.1 Å². The van der Waals surface area contributed by atoms with E-state index in [9.17, 15) is 0 Å². The lowest BCUT2D eigenvalue weighted by Gasteiger charge is -2.14. The van der Waals surface area contributed by atoms with Gasteiger partial charge in [-0.05, 0) is 49.1 Å². The molecule has 0 aliphatic heterocycles. The van der Waals surface area contributed by atoms with E-state index in [2.05, 4.69) is 25.2 Å². The fourth-order valence-corrected chi connectivity index (χ4v) is 2.37. The Labute approximate surface area is 108 Å². The van der Waals surface area contributed by atoms with Gasteiger partial charge >= 0.3 is 0 Å². The molecule has 0 aromatic heterocycles. The van der Waals surface area contributed by atoms with Crippen LogP contribution in [0.15, 0.2) is 24.3 Å². The average molecular weight is 258 g/mol. The Morgan fingerprint density at radius 2 is 2.25 bits per heavy atom. The van der Waals surface area contributed by atoms with Gasteiger partial charge in [0.25, 0.3) is 0 Å². The summed E-state index contributed by atoms with van der Waals surface area (Å²) in [7, 11) is 0. The first kappa shape index (κ1) is 13.9.